The Balaban J connectivity index is 1.30. The van der Waals surface area contributed by atoms with E-state index < -0.39 is 5.41 Å². The Morgan fingerprint density at radius 2 is 1.00 bits per heavy atom. The van der Waals surface area contributed by atoms with Crippen molar-refractivity contribution in [3.63, 3.8) is 0 Å². The van der Waals surface area contributed by atoms with Crippen LogP contribution in [0, 0.1) is 0 Å². The zero-order chi connectivity index (χ0) is 37.1. The van der Waals surface area contributed by atoms with Gasteiger partial charge in [0.1, 0.15) is 0 Å². The molecule has 0 fully saturated rings. The van der Waals surface area contributed by atoms with Crippen LogP contribution in [0.15, 0.2) is 225 Å². The maximum Gasteiger partial charge on any atom is 0.0634 e. The van der Waals surface area contributed by atoms with Gasteiger partial charge in [-0.1, -0.05) is 176 Å². The number of hydrogen-bond acceptors (Lipinski definition) is 1. The Morgan fingerprint density at radius 3 is 1.59 bits per heavy atom. The number of anilines is 3. The van der Waals surface area contributed by atoms with E-state index in [0.29, 0.717) is 0 Å². The summed E-state index contributed by atoms with van der Waals surface area (Å²) in [6.07, 6.45) is 6.08. The smallest absolute Gasteiger partial charge is 0.0634 e. The minimum atomic E-state index is -0.477. The first-order chi connectivity index (χ1) is 26.5. The zero-order valence-electron chi connectivity index (χ0n) is 30.9. The van der Waals surface area contributed by atoms with Crippen molar-refractivity contribution in [3.8, 4) is 33.4 Å². The third kappa shape index (κ3) is 6.04. The Kier molecular flexibility index (Phi) is 9.38. The quantitative estimate of drug-likeness (QED) is 0.129. The van der Waals surface area contributed by atoms with Crippen LogP contribution in [0.1, 0.15) is 30.5 Å². The second kappa shape index (κ2) is 14.7. The van der Waals surface area contributed by atoms with Gasteiger partial charge in [-0.15, -0.1) is 0 Å². The van der Waals surface area contributed by atoms with Crippen LogP contribution in [-0.2, 0) is 5.41 Å². The molecule has 0 aromatic heterocycles. The number of nitrogens with zero attached hydrogens (tertiary/aromatic N) is 1. The third-order valence-corrected chi connectivity index (χ3v) is 10.9. The molecule has 8 rings (SSSR count). The summed E-state index contributed by atoms with van der Waals surface area (Å²) in [7, 11) is 0. The standard InChI is InChI=1S/C53H43N/c1-5-18-38(3)53(46-26-14-9-15-27-46)39(4)50(6-2)51-34-33-49(37-52(51)53)54(48-28-17-25-45(36-48)41-21-12-8-13-22-41)47-31-29-42(30-32-47)44-24-16-23-43(35-44)40-19-10-7-11-20-40/h5-37H,1-2H2,3-4H3. The number of rotatable bonds is 10. The normalized spacial score (nSPS) is 15.1. The molecular weight excluding hydrogens is 651 g/mol. The fraction of sp³-hybridized carbons (Fsp3) is 0.0566. The first-order valence-electron chi connectivity index (χ1n) is 18.6. The summed E-state index contributed by atoms with van der Waals surface area (Å²) in [6, 6.07) is 65.6. The zero-order valence-corrected chi connectivity index (χ0v) is 30.9. The summed E-state index contributed by atoms with van der Waals surface area (Å²) >= 11 is 0. The number of allylic oxidation sites excluding steroid dienone is 6. The average Bonchev–Trinajstić information content (AvgIpc) is 3.49. The average molecular weight is 694 g/mol. The van der Waals surface area contributed by atoms with E-state index in [4.69, 9.17) is 0 Å². The SMILES string of the molecule is C=CC=C(C)C1(c2ccccc2)C(C)=C(C=C)c2ccc(N(c3ccc(-c4cccc(-c5ccccc5)c4)cc3)c3cccc(-c4ccccc4)c3)cc21. The maximum atomic E-state index is 4.30. The van der Waals surface area contributed by atoms with Crippen molar-refractivity contribution in [2.24, 2.45) is 0 Å². The summed E-state index contributed by atoms with van der Waals surface area (Å²) < 4.78 is 0. The van der Waals surface area contributed by atoms with Crippen LogP contribution in [-0.4, -0.2) is 0 Å². The number of hydrogen-bond donors (Lipinski definition) is 0. The van der Waals surface area contributed by atoms with E-state index in [0.717, 1.165) is 17.1 Å². The topological polar surface area (TPSA) is 3.24 Å². The Bertz CT molecular complexity index is 2520. The summed E-state index contributed by atoms with van der Waals surface area (Å²) in [5.74, 6) is 0. The third-order valence-electron chi connectivity index (χ3n) is 10.9. The van der Waals surface area contributed by atoms with Crippen molar-refractivity contribution < 1.29 is 0 Å². The summed E-state index contributed by atoms with van der Waals surface area (Å²) in [5, 5.41) is 0. The van der Waals surface area contributed by atoms with Crippen LogP contribution in [0.4, 0.5) is 17.1 Å². The molecular formula is C53H43N. The van der Waals surface area contributed by atoms with Gasteiger partial charge in [0.15, 0.2) is 0 Å². The van der Waals surface area contributed by atoms with Gasteiger partial charge in [-0.3, -0.25) is 0 Å². The molecule has 0 bridgehead atoms. The van der Waals surface area contributed by atoms with E-state index in [1.54, 1.807) is 0 Å². The molecule has 260 valence electrons. The summed E-state index contributed by atoms with van der Waals surface area (Å²) in [5.41, 5.74) is 17.3. The molecule has 54 heavy (non-hydrogen) atoms. The summed E-state index contributed by atoms with van der Waals surface area (Å²) in [4.78, 5) is 2.39. The van der Waals surface area contributed by atoms with Crippen LogP contribution in [0.5, 0.6) is 0 Å². The fourth-order valence-electron chi connectivity index (χ4n) is 8.40. The number of benzene rings is 7. The molecule has 0 radical (unpaired) electrons. The highest BCUT2D eigenvalue weighted by atomic mass is 15.1. The molecule has 1 nitrogen and oxygen atoms in total. The lowest BCUT2D eigenvalue weighted by atomic mass is 9.67. The lowest BCUT2D eigenvalue weighted by Crippen LogP contribution is -2.29. The molecule has 1 unspecified atom stereocenters. The lowest BCUT2D eigenvalue weighted by Gasteiger charge is -2.36. The molecule has 0 heterocycles. The van der Waals surface area contributed by atoms with Gasteiger partial charge < -0.3 is 4.90 Å². The van der Waals surface area contributed by atoms with Gasteiger partial charge in [0, 0.05) is 17.1 Å². The van der Waals surface area contributed by atoms with Gasteiger partial charge in [-0.25, -0.2) is 0 Å². The minimum absolute atomic E-state index is 0.477. The van der Waals surface area contributed by atoms with E-state index >= 15 is 0 Å². The molecule has 1 aliphatic carbocycles. The van der Waals surface area contributed by atoms with Crippen LogP contribution < -0.4 is 4.90 Å². The Hall–Kier alpha value is -6.70. The second-order valence-corrected chi connectivity index (χ2v) is 13.9. The number of fused-ring (bicyclic) bond motifs is 1. The largest absolute Gasteiger partial charge is 0.310 e. The fourth-order valence-corrected chi connectivity index (χ4v) is 8.40. The highest BCUT2D eigenvalue weighted by molar-refractivity contribution is 5.92. The Labute approximate surface area is 320 Å². The second-order valence-electron chi connectivity index (χ2n) is 13.9. The minimum Gasteiger partial charge on any atom is -0.310 e. The molecule has 0 spiro atoms. The molecule has 0 amide bonds. The van der Waals surface area contributed by atoms with Crippen molar-refractivity contribution in [1.82, 2.24) is 0 Å². The molecule has 0 saturated heterocycles. The van der Waals surface area contributed by atoms with Crippen molar-refractivity contribution in [2.75, 3.05) is 4.90 Å². The molecule has 1 heteroatoms. The highest BCUT2D eigenvalue weighted by Gasteiger charge is 2.45. The molecule has 0 aliphatic heterocycles. The molecule has 1 aliphatic rings. The van der Waals surface area contributed by atoms with Crippen molar-refractivity contribution in [2.45, 2.75) is 19.3 Å². The highest BCUT2D eigenvalue weighted by Crippen LogP contribution is 2.56. The van der Waals surface area contributed by atoms with Crippen LogP contribution in [0.2, 0.25) is 0 Å². The van der Waals surface area contributed by atoms with Crippen molar-refractivity contribution >= 4 is 22.6 Å². The van der Waals surface area contributed by atoms with E-state index in [1.165, 1.54) is 66.8 Å². The van der Waals surface area contributed by atoms with E-state index in [2.05, 4.69) is 220 Å². The molecule has 7 aromatic carbocycles. The van der Waals surface area contributed by atoms with Crippen LogP contribution in [0.25, 0.3) is 39.0 Å². The summed E-state index contributed by atoms with van der Waals surface area (Å²) in [6.45, 7) is 12.9. The van der Waals surface area contributed by atoms with Crippen LogP contribution >= 0.6 is 0 Å². The monoisotopic (exact) mass is 693 g/mol. The van der Waals surface area contributed by atoms with Gasteiger partial charge in [-0.2, -0.15) is 0 Å². The van der Waals surface area contributed by atoms with Crippen molar-refractivity contribution in [3.05, 3.63) is 241 Å². The molecule has 0 N–H and O–H groups in total. The van der Waals surface area contributed by atoms with Crippen LogP contribution in [0.3, 0.4) is 0 Å². The van der Waals surface area contributed by atoms with Gasteiger partial charge >= 0.3 is 0 Å². The van der Waals surface area contributed by atoms with E-state index in [9.17, 15) is 0 Å². The first-order valence-corrected chi connectivity index (χ1v) is 18.6. The molecule has 7 aromatic rings. The van der Waals surface area contributed by atoms with E-state index in [1.807, 2.05) is 12.2 Å². The lowest BCUT2D eigenvalue weighted by molar-refractivity contribution is 0.723. The van der Waals surface area contributed by atoms with Gasteiger partial charge in [-0.05, 0) is 118 Å². The Morgan fingerprint density at radius 1 is 0.500 bits per heavy atom. The van der Waals surface area contributed by atoms with Gasteiger partial charge in [0.05, 0.1) is 5.41 Å². The van der Waals surface area contributed by atoms with E-state index in [-0.39, 0.29) is 0 Å². The van der Waals surface area contributed by atoms with Gasteiger partial charge in [0.25, 0.3) is 0 Å². The molecule has 1 atom stereocenters. The van der Waals surface area contributed by atoms with Crippen molar-refractivity contribution in [1.29, 1.82) is 0 Å². The molecule has 0 saturated carbocycles. The predicted molar refractivity (Wildman–Crippen MR) is 231 cm³/mol. The maximum absolute atomic E-state index is 4.30. The van der Waals surface area contributed by atoms with Gasteiger partial charge in [0.2, 0.25) is 0 Å². The predicted octanol–water partition coefficient (Wildman–Crippen LogP) is 14.5. The first kappa shape index (κ1) is 34.4.